The minimum Gasteiger partial charge on any atom is -0.392 e. The molecule has 0 bridgehead atoms. The van der Waals surface area contributed by atoms with Crippen LogP contribution in [0.15, 0.2) is 0 Å². The highest BCUT2D eigenvalue weighted by Gasteiger charge is 2.14. The molecule has 3 atom stereocenters. The van der Waals surface area contributed by atoms with Gasteiger partial charge in [-0.25, -0.2) is 0 Å². The Hall–Kier alpha value is -0.160. The Labute approximate surface area is 73.4 Å². The first-order chi connectivity index (χ1) is 5.43. The molecule has 0 saturated heterocycles. The van der Waals surface area contributed by atoms with Crippen molar-refractivity contribution in [1.29, 1.82) is 0 Å². The van der Waals surface area contributed by atoms with Gasteiger partial charge in [0, 0.05) is 13.1 Å². The van der Waals surface area contributed by atoms with Crippen LogP contribution < -0.4 is 0 Å². The van der Waals surface area contributed by atoms with Crippen molar-refractivity contribution in [2.75, 3.05) is 13.1 Å². The summed E-state index contributed by atoms with van der Waals surface area (Å²) in [5.41, 5.74) is 0. The fourth-order valence-electron chi connectivity index (χ4n) is 1.06. The summed E-state index contributed by atoms with van der Waals surface area (Å²) >= 11 is 0. The van der Waals surface area contributed by atoms with Crippen LogP contribution in [0.4, 0.5) is 0 Å². The van der Waals surface area contributed by atoms with E-state index in [0.29, 0.717) is 13.1 Å². The van der Waals surface area contributed by atoms with Crippen LogP contribution in [-0.4, -0.2) is 51.7 Å². The Bertz CT molecular complexity index is 105. The average Bonchev–Trinajstić information content (AvgIpc) is 1.83. The molecule has 0 aliphatic carbocycles. The number of hydrogen-bond donors (Lipinski definition) is 3. The first kappa shape index (κ1) is 11.8. The lowest BCUT2D eigenvalue weighted by Gasteiger charge is -2.27. The van der Waals surface area contributed by atoms with Crippen molar-refractivity contribution in [2.24, 2.45) is 0 Å². The fraction of sp³-hybridized carbons (Fsp3) is 1.00. The van der Waals surface area contributed by atoms with E-state index in [4.69, 9.17) is 10.2 Å². The van der Waals surface area contributed by atoms with E-state index in [9.17, 15) is 5.11 Å². The van der Waals surface area contributed by atoms with Crippen molar-refractivity contribution in [1.82, 2.24) is 4.90 Å². The fourth-order valence-corrected chi connectivity index (χ4v) is 1.06. The smallest absolute Gasteiger partial charge is 0.104 e. The molecule has 3 N–H and O–H groups in total. The van der Waals surface area contributed by atoms with Gasteiger partial charge in [0.2, 0.25) is 0 Å². The molecular formula is C8H19NO3. The molecule has 12 heavy (non-hydrogen) atoms. The SMILES string of the molecule is CC(O)CN(CC(C)O)C(C)O. The number of hydrogen-bond acceptors (Lipinski definition) is 4. The summed E-state index contributed by atoms with van der Waals surface area (Å²) in [5.74, 6) is 0. The van der Waals surface area contributed by atoms with E-state index in [1.165, 1.54) is 0 Å². The van der Waals surface area contributed by atoms with Gasteiger partial charge in [0.05, 0.1) is 12.2 Å². The van der Waals surface area contributed by atoms with Crippen molar-refractivity contribution in [3.8, 4) is 0 Å². The molecular weight excluding hydrogens is 158 g/mol. The van der Waals surface area contributed by atoms with Gasteiger partial charge in [0.25, 0.3) is 0 Å². The maximum absolute atomic E-state index is 9.21. The molecule has 0 aliphatic rings. The molecule has 0 radical (unpaired) electrons. The molecule has 0 saturated carbocycles. The van der Waals surface area contributed by atoms with Gasteiger partial charge < -0.3 is 15.3 Å². The van der Waals surface area contributed by atoms with E-state index in [2.05, 4.69) is 0 Å². The van der Waals surface area contributed by atoms with E-state index in [1.807, 2.05) is 0 Å². The maximum atomic E-state index is 9.21. The second-order valence-corrected chi connectivity index (χ2v) is 3.28. The summed E-state index contributed by atoms with van der Waals surface area (Å²) in [6.07, 6.45) is -1.61. The lowest BCUT2D eigenvalue weighted by atomic mass is 10.3. The molecule has 4 nitrogen and oxygen atoms in total. The summed E-state index contributed by atoms with van der Waals surface area (Å²) in [7, 11) is 0. The predicted octanol–water partition coefficient (Wildman–Crippen LogP) is -0.612. The number of aliphatic hydroxyl groups excluding tert-OH is 3. The normalized spacial score (nSPS) is 19.2. The van der Waals surface area contributed by atoms with Gasteiger partial charge in [0.1, 0.15) is 6.23 Å². The summed E-state index contributed by atoms with van der Waals surface area (Å²) in [5, 5.41) is 27.3. The molecule has 74 valence electrons. The van der Waals surface area contributed by atoms with Gasteiger partial charge in [0.15, 0.2) is 0 Å². The monoisotopic (exact) mass is 177 g/mol. The van der Waals surface area contributed by atoms with Gasteiger partial charge in [-0.05, 0) is 20.8 Å². The van der Waals surface area contributed by atoms with Crippen molar-refractivity contribution in [3.05, 3.63) is 0 Å². The maximum Gasteiger partial charge on any atom is 0.104 e. The first-order valence-electron chi connectivity index (χ1n) is 4.21. The van der Waals surface area contributed by atoms with E-state index >= 15 is 0 Å². The summed E-state index contributed by atoms with van der Waals surface area (Å²) in [4.78, 5) is 1.62. The van der Waals surface area contributed by atoms with Gasteiger partial charge in [-0.3, -0.25) is 4.90 Å². The third-order valence-corrected chi connectivity index (χ3v) is 1.53. The van der Waals surface area contributed by atoms with Crippen molar-refractivity contribution < 1.29 is 15.3 Å². The molecule has 0 aromatic heterocycles. The van der Waals surface area contributed by atoms with E-state index < -0.39 is 18.4 Å². The Balaban J connectivity index is 3.87. The minimum atomic E-state index is -0.630. The molecule has 0 amide bonds. The minimum absolute atomic E-state index is 0.378. The largest absolute Gasteiger partial charge is 0.392 e. The third-order valence-electron chi connectivity index (χ3n) is 1.53. The van der Waals surface area contributed by atoms with Crippen molar-refractivity contribution in [3.63, 3.8) is 0 Å². The third kappa shape index (κ3) is 5.49. The molecule has 0 fully saturated rings. The molecule has 0 aromatic rings. The highest BCUT2D eigenvalue weighted by atomic mass is 16.3. The van der Waals surface area contributed by atoms with Crippen LogP contribution in [0.25, 0.3) is 0 Å². The van der Waals surface area contributed by atoms with E-state index in [1.54, 1.807) is 25.7 Å². The van der Waals surface area contributed by atoms with Gasteiger partial charge in [-0.2, -0.15) is 0 Å². The summed E-state index contributed by atoms with van der Waals surface area (Å²) in [6.45, 7) is 5.67. The lowest BCUT2D eigenvalue weighted by Crippen LogP contribution is -2.42. The molecule has 0 rings (SSSR count). The molecule has 0 aliphatic heterocycles. The Kier molecular flexibility index (Phi) is 5.41. The van der Waals surface area contributed by atoms with Crippen LogP contribution in [0.1, 0.15) is 20.8 Å². The highest BCUT2D eigenvalue weighted by Crippen LogP contribution is 1.99. The first-order valence-corrected chi connectivity index (χ1v) is 4.21. The number of aliphatic hydroxyl groups is 3. The van der Waals surface area contributed by atoms with E-state index in [0.717, 1.165) is 0 Å². The topological polar surface area (TPSA) is 63.9 Å². The zero-order valence-corrected chi connectivity index (χ0v) is 7.94. The molecule has 0 aromatic carbocycles. The number of nitrogens with zero attached hydrogens (tertiary/aromatic N) is 1. The van der Waals surface area contributed by atoms with Gasteiger partial charge >= 0.3 is 0 Å². The second kappa shape index (κ2) is 5.48. The average molecular weight is 177 g/mol. The standard InChI is InChI=1S/C8H19NO3/c1-6(10)4-9(8(3)12)5-7(2)11/h6-8,10-12H,4-5H2,1-3H3. The van der Waals surface area contributed by atoms with Crippen LogP contribution in [0.3, 0.4) is 0 Å². The quantitative estimate of drug-likeness (QED) is 0.490. The zero-order valence-electron chi connectivity index (χ0n) is 7.94. The van der Waals surface area contributed by atoms with Crippen molar-refractivity contribution >= 4 is 0 Å². The van der Waals surface area contributed by atoms with E-state index in [-0.39, 0.29) is 0 Å². The van der Waals surface area contributed by atoms with Gasteiger partial charge in [-0.15, -0.1) is 0 Å². The predicted molar refractivity (Wildman–Crippen MR) is 46.6 cm³/mol. The molecule has 0 heterocycles. The Morgan fingerprint density at radius 2 is 1.25 bits per heavy atom. The molecule has 4 heteroatoms. The van der Waals surface area contributed by atoms with Crippen LogP contribution in [0, 0.1) is 0 Å². The van der Waals surface area contributed by atoms with Crippen LogP contribution in [-0.2, 0) is 0 Å². The van der Waals surface area contributed by atoms with Crippen LogP contribution in [0.2, 0.25) is 0 Å². The van der Waals surface area contributed by atoms with Gasteiger partial charge in [-0.1, -0.05) is 0 Å². The molecule has 3 unspecified atom stereocenters. The summed E-state index contributed by atoms with van der Waals surface area (Å²) < 4.78 is 0. The summed E-state index contributed by atoms with van der Waals surface area (Å²) in [6, 6.07) is 0. The number of rotatable bonds is 5. The second-order valence-electron chi connectivity index (χ2n) is 3.28. The highest BCUT2D eigenvalue weighted by molar-refractivity contribution is 4.64. The van der Waals surface area contributed by atoms with Crippen LogP contribution in [0.5, 0.6) is 0 Å². The Morgan fingerprint density at radius 1 is 0.917 bits per heavy atom. The van der Waals surface area contributed by atoms with Crippen LogP contribution >= 0.6 is 0 Å². The zero-order chi connectivity index (χ0) is 9.72. The molecule has 0 spiro atoms. The van der Waals surface area contributed by atoms with Crippen molar-refractivity contribution in [2.45, 2.75) is 39.2 Å². The Morgan fingerprint density at radius 3 is 1.42 bits per heavy atom. The lowest BCUT2D eigenvalue weighted by molar-refractivity contribution is -0.0281.